The van der Waals surface area contributed by atoms with Gasteiger partial charge >= 0.3 is 0 Å². The first kappa shape index (κ1) is 21.9. The van der Waals surface area contributed by atoms with Crippen molar-refractivity contribution in [3.8, 4) is 28.9 Å². The Kier molecular flexibility index (Phi) is 5.99. The number of ether oxygens (including phenoxy) is 2. The van der Waals surface area contributed by atoms with Crippen LogP contribution in [0.15, 0.2) is 57.9 Å². The first-order valence-corrected chi connectivity index (χ1v) is 10.2. The summed E-state index contributed by atoms with van der Waals surface area (Å²) in [7, 11) is 3.00. The van der Waals surface area contributed by atoms with Crippen LogP contribution in [0.4, 0.5) is 5.82 Å². The highest BCUT2D eigenvalue weighted by Gasteiger charge is 2.20. The number of carbonyl (C=O) groups is 1. The van der Waals surface area contributed by atoms with Crippen molar-refractivity contribution in [2.24, 2.45) is 0 Å². The van der Waals surface area contributed by atoms with Crippen LogP contribution in [-0.2, 0) is 0 Å². The van der Waals surface area contributed by atoms with Crippen molar-refractivity contribution >= 4 is 11.7 Å². The lowest BCUT2D eigenvalue weighted by molar-refractivity contribution is 0.102. The van der Waals surface area contributed by atoms with E-state index >= 15 is 0 Å². The molecular formula is C23H23N5O5. The number of furan rings is 1. The third-order valence-electron chi connectivity index (χ3n) is 4.92. The summed E-state index contributed by atoms with van der Waals surface area (Å²) < 4.78 is 17.3. The van der Waals surface area contributed by atoms with Crippen LogP contribution in [0.5, 0.6) is 11.5 Å². The lowest BCUT2D eigenvalue weighted by Crippen LogP contribution is -2.20. The highest BCUT2D eigenvalue weighted by atomic mass is 16.5. The molecule has 2 N–H and O–H groups in total. The molecule has 4 rings (SSSR count). The number of anilines is 1. The largest absolute Gasteiger partial charge is 0.497 e. The van der Waals surface area contributed by atoms with Gasteiger partial charge in [0.05, 0.1) is 31.7 Å². The molecule has 0 saturated heterocycles. The van der Waals surface area contributed by atoms with E-state index in [0.717, 1.165) is 0 Å². The number of methoxy groups -OCH3 is 2. The molecule has 0 fully saturated rings. The standard InChI is InChI=1S/C23H23N5O5/c1-13(2)16-12-21(29)26-23(24-16)28-20(11-17(27-28)18-6-5-9-33-18)25-22(30)15-8-7-14(31-3)10-19(15)32-4/h5-13H,1-4H3,(H,25,30)(H,24,26,29). The van der Waals surface area contributed by atoms with Gasteiger partial charge < -0.3 is 19.2 Å². The SMILES string of the molecule is COc1ccc(C(=O)Nc2cc(-c3ccco3)nn2-c2nc(C(C)C)cc(=O)[nH]2)c(OC)c1. The van der Waals surface area contributed by atoms with Gasteiger partial charge in [0.2, 0.25) is 5.95 Å². The van der Waals surface area contributed by atoms with E-state index in [1.165, 1.54) is 31.2 Å². The predicted octanol–water partition coefficient (Wildman–Crippen LogP) is 3.61. The monoisotopic (exact) mass is 449 g/mol. The summed E-state index contributed by atoms with van der Waals surface area (Å²) >= 11 is 0. The highest BCUT2D eigenvalue weighted by Crippen LogP contribution is 2.28. The molecule has 10 heteroatoms. The molecule has 33 heavy (non-hydrogen) atoms. The van der Waals surface area contributed by atoms with E-state index in [4.69, 9.17) is 13.9 Å². The van der Waals surface area contributed by atoms with Gasteiger partial charge in [-0.25, -0.2) is 4.98 Å². The number of carbonyl (C=O) groups excluding carboxylic acids is 1. The summed E-state index contributed by atoms with van der Waals surface area (Å²) in [6.07, 6.45) is 1.52. The molecule has 3 heterocycles. The maximum atomic E-state index is 13.1. The first-order valence-electron chi connectivity index (χ1n) is 10.2. The fourth-order valence-corrected chi connectivity index (χ4v) is 3.21. The van der Waals surface area contributed by atoms with Gasteiger partial charge in [-0.15, -0.1) is 0 Å². The number of H-pyrrole nitrogens is 1. The van der Waals surface area contributed by atoms with Crippen LogP contribution in [0.2, 0.25) is 0 Å². The Bertz CT molecular complexity index is 1340. The molecule has 10 nitrogen and oxygen atoms in total. The van der Waals surface area contributed by atoms with E-state index in [1.807, 2.05) is 13.8 Å². The van der Waals surface area contributed by atoms with Crippen LogP contribution >= 0.6 is 0 Å². The van der Waals surface area contributed by atoms with Crippen LogP contribution in [0.3, 0.4) is 0 Å². The van der Waals surface area contributed by atoms with Gasteiger partial charge in [0.1, 0.15) is 23.0 Å². The van der Waals surface area contributed by atoms with Crippen molar-refractivity contribution < 1.29 is 18.7 Å². The zero-order chi connectivity index (χ0) is 23.5. The van der Waals surface area contributed by atoms with Crippen molar-refractivity contribution in [1.29, 1.82) is 0 Å². The van der Waals surface area contributed by atoms with Crippen LogP contribution < -0.4 is 20.3 Å². The van der Waals surface area contributed by atoms with E-state index in [0.29, 0.717) is 34.2 Å². The number of aromatic nitrogens is 4. The maximum Gasteiger partial charge on any atom is 0.260 e. The number of nitrogens with zero attached hydrogens (tertiary/aromatic N) is 3. The molecular weight excluding hydrogens is 426 g/mol. The number of amides is 1. The van der Waals surface area contributed by atoms with Gasteiger partial charge in [-0.05, 0) is 30.2 Å². The third kappa shape index (κ3) is 4.49. The second-order valence-corrected chi connectivity index (χ2v) is 7.47. The van der Waals surface area contributed by atoms with Gasteiger partial charge in [-0.1, -0.05) is 13.8 Å². The molecule has 0 aliphatic rings. The molecule has 170 valence electrons. The molecule has 0 aliphatic heterocycles. The molecule has 0 unspecified atom stereocenters. The first-order chi connectivity index (χ1) is 15.9. The average molecular weight is 449 g/mol. The molecule has 0 bridgehead atoms. The molecule has 1 aromatic carbocycles. The Hall–Kier alpha value is -4.34. The molecule has 3 aromatic heterocycles. The lowest BCUT2D eigenvalue weighted by atomic mass is 10.1. The van der Waals surface area contributed by atoms with Crippen molar-refractivity contribution in [3.63, 3.8) is 0 Å². The van der Waals surface area contributed by atoms with Crippen LogP contribution in [0.25, 0.3) is 17.4 Å². The van der Waals surface area contributed by atoms with Crippen molar-refractivity contribution in [1.82, 2.24) is 19.7 Å². The zero-order valence-corrected chi connectivity index (χ0v) is 18.6. The molecule has 0 spiro atoms. The third-order valence-corrected chi connectivity index (χ3v) is 4.92. The van der Waals surface area contributed by atoms with Gasteiger partial charge in [-0.2, -0.15) is 9.78 Å². The fraction of sp³-hybridized carbons (Fsp3) is 0.217. The smallest absolute Gasteiger partial charge is 0.260 e. The van der Waals surface area contributed by atoms with Gasteiger partial charge in [0.25, 0.3) is 11.5 Å². The number of rotatable bonds is 7. The quantitative estimate of drug-likeness (QED) is 0.442. The maximum absolute atomic E-state index is 13.1. The van der Waals surface area contributed by atoms with E-state index in [-0.39, 0.29) is 23.2 Å². The highest BCUT2D eigenvalue weighted by molar-refractivity contribution is 6.06. The predicted molar refractivity (Wildman–Crippen MR) is 121 cm³/mol. The number of nitrogens with one attached hydrogen (secondary N) is 2. The second-order valence-electron chi connectivity index (χ2n) is 7.47. The van der Waals surface area contributed by atoms with Crippen LogP contribution in [0.1, 0.15) is 35.8 Å². The van der Waals surface area contributed by atoms with Crippen LogP contribution in [0, 0.1) is 0 Å². The summed E-state index contributed by atoms with van der Waals surface area (Å²) in [6.45, 7) is 3.86. The number of hydrogen-bond acceptors (Lipinski definition) is 7. The molecule has 1 amide bonds. The Morgan fingerprint density at radius 2 is 1.97 bits per heavy atom. The second kappa shape index (κ2) is 9.03. The summed E-state index contributed by atoms with van der Waals surface area (Å²) in [6, 6.07) is 11.4. The minimum absolute atomic E-state index is 0.0211. The van der Waals surface area contributed by atoms with E-state index in [1.54, 1.807) is 36.4 Å². The lowest BCUT2D eigenvalue weighted by Gasteiger charge is -2.12. The Morgan fingerprint density at radius 1 is 1.15 bits per heavy atom. The molecule has 0 radical (unpaired) electrons. The molecule has 4 aromatic rings. The van der Waals surface area contributed by atoms with Gasteiger partial charge in [0, 0.05) is 18.2 Å². The number of benzene rings is 1. The van der Waals surface area contributed by atoms with Gasteiger partial charge in [-0.3, -0.25) is 14.6 Å². The fourth-order valence-electron chi connectivity index (χ4n) is 3.21. The summed E-state index contributed by atoms with van der Waals surface area (Å²) in [5.41, 5.74) is 1.02. The molecule has 0 saturated carbocycles. The molecule has 0 atom stereocenters. The van der Waals surface area contributed by atoms with E-state index in [9.17, 15) is 9.59 Å². The van der Waals surface area contributed by atoms with E-state index < -0.39 is 5.91 Å². The summed E-state index contributed by atoms with van der Waals surface area (Å²) in [4.78, 5) is 32.6. The average Bonchev–Trinajstić information content (AvgIpc) is 3.48. The Balaban J connectivity index is 1.79. The number of hydrogen-bond donors (Lipinski definition) is 2. The van der Waals surface area contributed by atoms with Crippen molar-refractivity contribution in [3.05, 3.63) is 70.3 Å². The Labute approximate surface area is 189 Å². The van der Waals surface area contributed by atoms with E-state index in [2.05, 4.69) is 20.4 Å². The summed E-state index contributed by atoms with van der Waals surface area (Å²) in [5, 5.41) is 7.33. The Morgan fingerprint density at radius 3 is 2.64 bits per heavy atom. The van der Waals surface area contributed by atoms with Crippen molar-refractivity contribution in [2.45, 2.75) is 19.8 Å². The summed E-state index contributed by atoms with van der Waals surface area (Å²) in [5.74, 6) is 1.43. The van der Waals surface area contributed by atoms with Crippen molar-refractivity contribution in [2.75, 3.05) is 19.5 Å². The topological polar surface area (TPSA) is 124 Å². The number of aromatic amines is 1. The van der Waals surface area contributed by atoms with Crippen LogP contribution in [-0.4, -0.2) is 39.9 Å². The van der Waals surface area contributed by atoms with Gasteiger partial charge in [0.15, 0.2) is 5.76 Å². The zero-order valence-electron chi connectivity index (χ0n) is 18.6. The normalized spacial score (nSPS) is 10.9. The minimum atomic E-state index is -0.441. The minimum Gasteiger partial charge on any atom is -0.497 e. The molecule has 0 aliphatic carbocycles.